The largest absolute Gasteiger partial charge is 0.303 e. The second-order valence-corrected chi connectivity index (χ2v) is 4.80. The molecule has 0 N–H and O–H groups in total. The van der Waals surface area contributed by atoms with Crippen LogP contribution in [0, 0.1) is 5.92 Å². The lowest BCUT2D eigenvalue weighted by Gasteiger charge is -2.12. The monoisotopic (exact) mass is 230 g/mol. The molecule has 0 aromatic carbocycles. The van der Waals surface area contributed by atoms with E-state index in [1.807, 2.05) is 18.2 Å². The molecule has 17 heavy (non-hydrogen) atoms. The maximum Gasteiger partial charge on any atom is 0.160 e. The number of nitrogens with zero attached hydrogens (tertiary/aromatic N) is 4. The lowest BCUT2D eigenvalue weighted by molar-refractivity contribution is 0.340. The number of hydrogen-bond donors (Lipinski definition) is 0. The minimum atomic E-state index is 0.738. The minimum absolute atomic E-state index is 0.738. The summed E-state index contributed by atoms with van der Waals surface area (Å²) in [6.07, 6.45) is 4.38. The van der Waals surface area contributed by atoms with Crippen molar-refractivity contribution in [1.82, 2.24) is 19.5 Å². The van der Waals surface area contributed by atoms with Crippen LogP contribution in [0.5, 0.6) is 0 Å². The zero-order valence-corrected chi connectivity index (χ0v) is 10.2. The summed E-state index contributed by atoms with van der Waals surface area (Å²) in [5.74, 6) is 1.84. The van der Waals surface area contributed by atoms with Crippen LogP contribution in [-0.2, 0) is 6.42 Å². The molecular formula is C13H18N4. The van der Waals surface area contributed by atoms with Gasteiger partial charge in [-0.3, -0.25) is 4.40 Å². The molecule has 2 aromatic rings. The highest BCUT2D eigenvalue weighted by molar-refractivity contribution is 5.37. The van der Waals surface area contributed by atoms with Gasteiger partial charge in [0.25, 0.3) is 0 Å². The van der Waals surface area contributed by atoms with Gasteiger partial charge >= 0.3 is 0 Å². The first kappa shape index (κ1) is 10.7. The van der Waals surface area contributed by atoms with Gasteiger partial charge in [0.15, 0.2) is 5.65 Å². The quantitative estimate of drug-likeness (QED) is 0.803. The van der Waals surface area contributed by atoms with Crippen LogP contribution in [0.1, 0.15) is 19.2 Å². The number of aromatic nitrogens is 3. The molecule has 0 saturated carbocycles. The molecule has 1 aliphatic heterocycles. The van der Waals surface area contributed by atoms with Crippen molar-refractivity contribution in [3.63, 3.8) is 0 Å². The van der Waals surface area contributed by atoms with Crippen LogP contribution in [0.25, 0.3) is 5.65 Å². The van der Waals surface area contributed by atoms with Gasteiger partial charge < -0.3 is 4.90 Å². The Labute approximate surface area is 101 Å². The Balaban J connectivity index is 1.77. The maximum atomic E-state index is 4.30. The molecule has 3 rings (SSSR count). The lowest BCUT2D eigenvalue weighted by Crippen LogP contribution is -2.20. The third-order valence-corrected chi connectivity index (χ3v) is 3.67. The topological polar surface area (TPSA) is 33.4 Å². The Morgan fingerprint density at radius 2 is 2.29 bits per heavy atom. The molecule has 1 atom stereocenters. The van der Waals surface area contributed by atoms with E-state index >= 15 is 0 Å². The Morgan fingerprint density at radius 1 is 1.35 bits per heavy atom. The van der Waals surface area contributed by atoms with Crippen LogP contribution < -0.4 is 0 Å². The molecule has 3 heterocycles. The Bertz CT molecular complexity index is 505. The third-order valence-electron chi connectivity index (χ3n) is 3.67. The summed E-state index contributed by atoms with van der Waals surface area (Å²) >= 11 is 0. The van der Waals surface area contributed by atoms with Crippen molar-refractivity contribution < 1.29 is 0 Å². The predicted molar refractivity (Wildman–Crippen MR) is 66.9 cm³/mol. The first-order valence-corrected chi connectivity index (χ1v) is 6.38. The van der Waals surface area contributed by atoms with Gasteiger partial charge in [0.05, 0.1) is 0 Å². The molecule has 90 valence electrons. The normalized spacial score (nSPS) is 21.4. The molecule has 1 saturated heterocycles. The van der Waals surface area contributed by atoms with Gasteiger partial charge in [0.2, 0.25) is 0 Å². The maximum absolute atomic E-state index is 4.30. The van der Waals surface area contributed by atoms with E-state index < -0.39 is 0 Å². The van der Waals surface area contributed by atoms with Crippen LogP contribution in [0.3, 0.4) is 0 Å². The fraction of sp³-hybridized carbons (Fsp3) is 0.538. The molecule has 0 aliphatic carbocycles. The van der Waals surface area contributed by atoms with Gasteiger partial charge in [0.1, 0.15) is 5.82 Å². The van der Waals surface area contributed by atoms with Crippen molar-refractivity contribution >= 4 is 5.65 Å². The highest BCUT2D eigenvalue weighted by atomic mass is 15.2. The van der Waals surface area contributed by atoms with Crippen LogP contribution in [0.2, 0.25) is 0 Å². The van der Waals surface area contributed by atoms with Gasteiger partial charge in [-0.1, -0.05) is 13.0 Å². The highest BCUT2D eigenvalue weighted by Gasteiger charge is 2.22. The smallest absolute Gasteiger partial charge is 0.160 e. The number of likely N-dealkylation sites (tertiary alicyclic amines) is 1. The summed E-state index contributed by atoms with van der Waals surface area (Å²) < 4.78 is 2.11. The molecule has 0 spiro atoms. The summed E-state index contributed by atoms with van der Waals surface area (Å²) in [5.41, 5.74) is 0.952. The predicted octanol–water partition coefficient (Wildman–Crippen LogP) is 1.61. The molecule has 4 nitrogen and oxygen atoms in total. The summed E-state index contributed by atoms with van der Waals surface area (Å²) in [6.45, 7) is 5.84. The van der Waals surface area contributed by atoms with E-state index in [-0.39, 0.29) is 0 Å². The molecule has 1 fully saturated rings. The fourth-order valence-corrected chi connectivity index (χ4v) is 2.66. The van der Waals surface area contributed by atoms with E-state index in [9.17, 15) is 0 Å². The third kappa shape index (κ3) is 2.05. The molecule has 4 heteroatoms. The van der Waals surface area contributed by atoms with Crippen molar-refractivity contribution in [2.75, 3.05) is 19.6 Å². The van der Waals surface area contributed by atoms with Crippen molar-refractivity contribution in [3.05, 3.63) is 30.2 Å². The molecule has 2 aromatic heterocycles. The minimum Gasteiger partial charge on any atom is -0.303 e. The second kappa shape index (κ2) is 4.45. The number of hydrogen-bond acceptors (Lipinski definition) is 3. The Morgan fingerprint density at radius 3 is 3.12 bits per heavy atom. The number of rotatable bonds is 3. The number of pyridine rings is 1. The van der Waals surface area contributed by atoms with Gasteiger partial charge in [0, 0.05) is 19.2 Å². The summed E-state index contributed by atoms with van der Waals surface area (Å²) in [4.78, 5) is 2.51. The van der Waals surface area contributed by atoms with Gasteiger partial charge in [-0.2, -0.15) is 0 Å². The van der Waals surface area contributed by atoms with Gasteiger partial charge in [-0.15, -0.1) is 10.2 Å². The van der Waals surface area contributed by atoms with Crippen LogP contribution in [0.15, 0.2) is 24.4 Å². The summed E-state index contributed by atoms with van der Waals surface area (Å²) in [7, 11) is 0. The van der Waals surface area contributed by atoms with E-state index in [0.29, 0.717) is 0 Å². The van der Waals surface area contributed by atoms with Crippen LogP contribution in [-0.4, -0.2) is 39.1 Å². The zero-order chi connectivity index (χ0) is 11.7. The molecule has 1 aliphatic rings. The zero-order valence-electron chi connectivity index (χ0n) is 10.2. The average Bonchev–Trinajstić information content (AvgIpc) is 2.97. The lowest BCUT2D eigenvalue weighted by atomic mass is 10.0. The molecule has 0 bridgehead atoms. The molecule has 1 unspecified atom stereocenters. The Hall–Kier alpha value is -1.42. The highest BCUT2D eigenvalue weighted by Crippen LogP contribution is 2.19. The van der Waals surface area contributed by atoms with Crippen LogP contribution in [0.4, 0.5) is 0 Å². The SMILES string of the molecule is CCN1CCC(Cc2nnc3ccccn23)C1. The van der Waals surface area contributed by atoms with E-state index in [1.54, 1.807) is 0 Å². The first-order valence-electron chi connectivity index (χ1n) is 6.38. The number of fused-ring (bicyclic) bond motifs is 1. The van der Waals surface area contributed by atoms with E-state index in [2.05, 4.69) is 32.6 Å². The van der Waals surface area contributed by atoms with E-state index in [0.717, 1.165) is 30.4 Å². The summed E-state index contributed by atoms with van der Waals surface area (Å²) in [5, 5.41) is 8.50. The molecule has 0 radical (unpaired) electrons. The van der Waals surface area contributed by atoms with Gasteiger partial charge in [-0.25, -0.2) is 0 Å². The first-order chi connectivity index (χ1) is 8.36. The van der Waals surface area contributed by atoms with Crippen LogP contribution >= 0.6 is 0 Å². The van der Waals surface area contributed by atoms with Crippen molar-refractivity contribution in [2.24, 2.45) is 5.92 Å². The van der Waals surface area contributed by atoms with Crippen molar-refractivity contribution in [1.29, 1.82) is 0 Å². The van der Waals surface area contributed by atoms with Gasteiger partial charge in [-0.05, 0) is 37.6 Å². The van der Waals surface area contributed by atoms with E-state index in [4.69, 9.17) is 0 Å². The molecular weight excluding hydrogens is 212 g/mol. The van der Waals surface area contributed by atoms with E-state index in [1.165, 1.54) is 19.5 Å². The standard InChI is InChI=1S/C13H18N4/c1-2-16-8-6-11(10-16)9-13-15-14-12-5-3-4-7-17(12)13/h3-5,7,11H,2,6,8-10H2,1H3. The average molecular weight is 230 g/mol. The fourth-order valence-electron chi connectivity index (χ4n) is 2.66. The second-order valence-electron chi connectivity index (χ2n) is 4.80. The van der Waals surface area contributed by atoms with Crippen molar-refractivity contribution in [3.8, 4) is 0 Å². The summed E-state index contributed by atoms with van der Waals surface area (Å²) in [6, 6.07) is 6.04. The van der Waals surface area contributed by atoms with Crippen molar-refractivity contribution in [2.45, 2.75) is 19.8 Å². The Kier molecular flexibility index (Phi) is 2.81. The molecule has 0 amide bonds.